The maximum absolute atomic E-state index is 12.6. The van der Waals surface area contributed by atoms with Crippen molar-refractivity contribution in [1.29, 1.82) is 5.26 Å². The molecule has 0 aliphatic carbocycles. The SMILES string of the molecule is N#Cc1nn(-c2ccc(C(F)(F)F)cc2)c(N)c1S(=O)C(F)(F)F. The third-order valence-electron chi connectivity index (χ3n) is 2.82. The van der Waals surface area contributed by atoms with Crippen LogP contribution in [0, 0.1) is 11.3 Å². The lowest BCUT2D eigenvalue weighted by Gasteiger charge is -2.09. The van der Waals surface area contributed by atoms with Gasteiger partial charge < -0.3 is 5.73 Å². The summed E-state index contributed by atoms with van der Waals surface area (Å²) in [5, 5.41) is 12.3. The van der Waals surface area contributed by atoms with E-state index in [1.807, 2.05) is 0 Å². The van der Waals surface area contributed by atoms with Gasteiger partial charge in [-0.05, 0) is 24.3 Å². The summed E-state index contributed by atoms with van der Waals surface area (Å²) in [6.07, 6.45) is -4.60. The topological polar surface area (TPSA) is 84.7 Å². The molecule has 24 heavy (non-hydrogen) atoms. The molecule has 2 N–H and O–H groups in total. The highest BCUT2D eigenvalue weighted by Crippen LogP contribution is 2.34. The predicted molar refractivity (Wildman–Crippen MR) is 70.2 cm³/mol. The molecule has 0 bridgehead atoms. The average molecular weight is 368 g/mol. The van der Waals surface area contributed by atoms with Crippen molar-refractivity contribution in [2.24, 2.45) is 0 Å². The van der Waals surface area contributed by atoms with Crippen molar-refractivity contribution < 1.29 is 30.6 Å². The maximum Gasteiger partial charge on any atom is 0.476 e. The van der Waals surface area contributed by atoms with E-state index in [-0.39, 0.29) is 5.69 Å². The monoisotopic (exact) mass is 368 g/mol. The van der Waals surface area contributed by atoms with Crippen molar-refractivity contribution in [2.45, 2.75) is 16.6 Å². The molecule has 1 atom stereocenters. The summed E-state index contributed by atoms with van der Waals surface area (Å²) >= 11 is 0. The van der Waals surface area contributed by atoms with E-state index < -0.39 is 44.5 Å². The molecule has 1 aromatic heterocycles. The number of nitrogens with two attached hydrogens (primary N) is 1. The van der Waals surface area contributed by atoms with E-state index in [9.17, 15) is 30.6 Å². The van der Waals surface area contributed by atoms with E-state index >= 15 is 0 Å². The van der Waals surface area contributed by atoms with Crippen molar-refractivity contribution in [3.8, 4) is 11.8 Å². The Morgan fingerprint density at radius 2 is 1.67 bits per heavy atom. The Morgan fingerprint density at radius 3 is 2.08 bits per heavy atom. The zero-order chi connectivity index (χ0) is 18.3. The van der Waals surface area contributed by atoms with E-state index in [4.69, 9.17) is 11.0 Å². The number of anilines is 1. The van der Waals surface area contributed by atoms with Gasteiger partial charge in [0.25, 0.3) is 0 Å². The summed E-state index contributed by atoms with van der Waals surface area (Å²) < 4.78 is 87.4. The van der Waals surface area contributed by atoms with Crippen LogP contribution in [0.4, 0.5) is 32.2 Å². The van der Waals surface area contributed by atoms with Gasteiger partial charge >= 0.3 is 11.7 Å². The molecule has 1 unspecified atom stereocenters. The fourth-order valence-electron chi connectivity index (χ4n) is 1.78. The molecule has 0 radical (unpaired) electrons. The molecule has 1 heterocycles. The first-order valence-electron chi connectivity index (χ1n) is 5.91. The van der Waals surface area contributed by atoms with Gasteiger partial charge in [0, 0.05) is 0 Å². The zero-order valence-electron chi connectivity index (χ0n) is 11.3. The van der Waals surface area contributed by atoms with Crippen LogP contribution in [0.2, 0.25) is 0 Å². The van der Waals surface area contributed by atoms with Crippen LogP contribution >= 0.6 is 0 Å². The molecule has 0 fully saturated rings. The minimum atomic E-state index is -5.17. The van der Waals surface area contributed by atoms with Gasteiger partial charge in [-0.25, -0.2) is 8.89 Å². The first-order valence-corrected chi connectivity index (χ1v) is 7.06. The van der Waals surface area contributed by atoms with Gasteiger partial charge in [0.05, 0.1) is 11.3 Å². The van der Waals surface area contributed by atoms with Crippen LogP contribution in [-0.2, 0) is 17.0 Å². The Kier molecular flexibility index (Phi) is 4.32. The van der Waals surface area contributed by atoms with Crippen LogP contribution in [0.1, 0.15) is 11.3 Å². The average Bonchev–Trinajstić information content (AvgIpc) is 2.81. The Bertz CT molecular complexity index is 831. The van der Waals surface area contributed by atoms with Gasteiger partial charge in [-0.3, -0.25) is 0 Å². The Hall–Kier alpha value is -2.55. The third-order valence-corrected chi connectivity index (χ3v) is 4.01. The smallest absolute Gasteiger partial charge is 0.383 e. The molecule has 0 amide bonds. The summed E-state index contributed by atoms with van der Waals surface area (Å²) in [5.74, 6) is -0.748. The normalized spacial score (nSPS) is 13.5. The molecule has 5 nitrogen and oxygen atoms in total. The van der Waals surface area contributed by atoms with Crippen molar-refractivity contribution in [2.75, 3.05) is 5.73 Å². The highest BCUT2D eigenvalue weighted by Gasteiger charge is 2.42. The molecule has 1 aromatic carbocycles. The summed E-state index contributed by atoms with van der Waals surface area (Å²) in [7, 11) is -3.61. The Morgan fingerprint density at radius 1 is 1.12 bits per heavy atom. The number of benzene rings is 1. The van der Waals surface area contributed by atoms with Crippen LogP contribution in [-0.4, -0.2) is 19.5 Å². The number of alkyl halides is 6. The second-order valence-electron chi connectivity index (χ2n) is 4.35. The highest BCUT2D eigenvalue weighted by atomic mass is 32.2. The summed E-state index contributed by atoms with van der Waals surface area (Å²) in [6.45, 7) is 0. The fourth-order valence-corrected chi connectivity index (χ4v) is 2.55. The number of hydrogen-bond donors (Lipinski definition) is 1. The van der Waals surface area contributed by atoms with E-state index in [0.717, 1.165) is 12.1 Å². The number of nitrogen functional groups attached to an aromatic ring is 1. The molecule has 128 valence electrons. The van der Waals surface area contributed by atoms with Crippen molar-refractivity contribution >= 4 is 16.6 Å². The first-order chi connectivity index (χ1) is 11.0. The molecular weight excluding hydrogens is 362 g/mol. The van der Waals surface area contributed by atoms with Gasteiger partial charge in [-0.15, -0.1) is 0 Å². The first kappa shape index (κ1) is 17.8. The standard InChI is InChI=1S/C12H6F6N4OS/c13-11(14,15)6-1-3-7(4-2-6)22-10(20)9(8(5-19)21-22)24(23)12(16,17)18/h1-4H,20H2. The number of halogens is 6. The van der Waals surface area contributed by atoms with E-state index in [2.05, 4.69) is 5.10 Å². The molecular formula is C12H6F6N4OS. The minimum absolute atomic E-state index is 0.123. The van der Waals surface area contributed by atoms with Gasteiger partial charge in [-0.1, -0.05) is 0 Å². The maximum atomic E-state index is 12.6. The zero-order valence-corrected chi connectivity index (χ0v) is 12.1. The van der Waals surface area contributed by atoms with Crippen LogP contribution in [0.15, 0.2) is 29.2 Å². The predicted octanol–water partition coefficient (Wildman–Crippen LogP) is 2.97. The van der Waals surface area contributed by atoms with E-state index in [0.29, 0.717) is 16.8 Å². The van der Waals surface area contributed by atoms with Crippen LogP contribution in [0.25, 0.3) is 5.69 Å². The van der Waals surface area contributed by atoms with Gasteiger partial charge in [0.2, 0.25) is 0 Å². The van der Waals surface area contributed by atoms with E-state index in [1.165, 1.54) is 6.07 Å². The quantitative estimate of drug-likeness (QED) is 0.826. The van der Waals surface area contributed by atoms with Crippen molar-refractivity contribution in [3.63, 3.8) is 0 Å². The summed E-state index contributed by atoms with van der Waals surface area (Å²) in [5.41, 5.74) is -1.65. The number of nitriles is 1. The van der Waals surface area contributed by atoms with Crippen molar-refractivity contribution in [1.82, 2.24) is 9.78 Å². The van der Waals surface area contributed by atoms with Gasteiger partial charge in [0.1, 0.15) is 16.8 Å². The lowest BCUT2D eigenvalue weighted by Crippen LogP contribution is -2.18. The molecule has 0 aliphatic rings. The van der Waals surface area contributed by atoms with Crippen LogP contribution in [0.5, 0.6) is 0 Å². The minimum Gasteiger partial charge on any atom is -0.383 e. The summed E-state index contributed by atoms with van der Waals surface area (Å²) in [4.78, 5) is -1.04. The van der Waals surface area contributed by atoms with Crippen molar-refractivity contribution in [3.05, 3.63) is 35.5 Å². The molecule has 0 saturated heterocycles. The van der Waals surface area contributed by atoms with Crippen LogP contribution in [0.3, 0.4) is 0 Å². The molecule has 0 spiro atoms. The number of hydrogen-bond acceptors (Lipinski definition) is 4. The number of rotatable bonds is 2. The van der Waals surface area contributed by atoms with E-state index in [1.54, 1.807) is 0 Å². The molecule has 2 rings (SSSR count). The lowest BCUT2D eigenvalue weighted by molar-refractivity contribution is -0.137. The Labute approximate surface area is 132 Å². The lowest BCUT2D eigenvalue weighted by atomic mass is 10.2. The molecule has 0 saturated carbocycles. The van der Waals surface area contributed by atoms with Gasteiger partial charge in [-0.2, -0.15) is 36.7 Å². The Balaban J connectivity index is 2.56. The second-order valence-corrected chi connectivity index (χ2v) is 5.75. The second kappa shape index (κ2) is 5.82. The largest absolute Gasteiger partial charge is 0.476 e. The molecule has 12 heteroatoms. The number of nitrogens with zero attached hydrogens (tertiary/aromatic N) is 3. The van der Waals surface area contributed by atoms with Gasteiger partial charge in [0.15, 0.2) is 16.5 Å². The fraction of sp³-hybridized carbons (Fsp3) is 0.167. The van der Waals surface area contributed by atoms with Crippen LogP contribution < -0.4 is 5.73 Å². The number of aromatic nitrogens is 2. The summed E-state index contributed by atoms with van der Waals surface area (Å²) in [6, 6.07) is 4.49. The highest BCUT2D eigenvalue weighted by molar-refractivity contribution is 7.86. The molecule has 0 aliphatic heterocycles. The molecule has 2 aromatic rings. The third kappa shape index (κ3) is 3.21.